The summed E-state index contributed by atoms with van der Waals surface area (Å²) in [4.78, 5) is 35.3. The third-order valence-corrected chi connectivity index (χ3v) is 9.58. The molecule has 204 valence electrons. The molecule has 2 fully saturated rings. The van der Waals surface area contributed by atoms with Crippen molar-refractivity contribution in [1.29, 1.82) is 0 Å². The van der Waals surface area contributed by atoms with Crippen LogP contribution in [0.4, 0.5) is 5.82 Å². The number of nitrogens with one attached hydrogen (secondary N) is 1. The Labute approximate surface area is 230 Å². The quantitative estimate of drug-likeness (QED) is 0.509. The van der Waals surface area contributed by atoms with Crippen LogP contribution in [0.2, 0.25) is 0 Å². The summed E-state index contributed by atoms with van der Waals surface area (Å²) in [6, 6.07) is 23.1. The first-order valence-electron chi connectivity index (χ1n) is 13.4. The number of amides is 2. The number of hydrogen-bond donors (Lipinski definition) is 1. The molecule has 0 radical (unpaired) electrons. The lowest BCUT2D eigenvalue weighted by atomic mass is 9.71. The van der Waals surface area contributed by atoms with E-state index in [1.54, 1.807) is 23.2 Å². The monoisotopic (exact) mass is 546 g/mol. The molecule has 0 aliphatic carbocycles. The van der Waals surface area contributed by atoms with Gasteiger partial charge in [-0.15, -0.1) is 0 Å². The van der Waals surface area contributed by atoms with Crippen LogP contribution in [0.5, 0.6) is 0 Å². The Balaban J connectivity index is 1.27. The lowest BCUT2D eigenvalue weighted by molar-refractivity contribution is -0.129. The van der Waals surface area contributed by atoms with Crippen molar-refractivity contribution in [2.24, 2.45) is 0 Å². The van der Waals surface area contributed by atoms with E-state index in [-0.39, 0.29) is 29.4 Å². The number of benzene rings is 2. The molecule has 1 N–H and O–H groups in total. The highest BCUT2D eigenvalue weighted by molar-refractivity contribution is 7.91. The molecule has 39 heavy (non-hydrogen) atoms. The second-order valence-corrected chi connectivity index (χ2v) is 12.7. The van der Waals surface area contributed by atoms with Gasteiger partial charge >= 0.3 is 0 Å². The highest BCUT2D eigenvalue weighted by Crippen LogP contribution is 2.37. The van der Waals surface area contributed by atoms with Gasteiger partial charge < -0.3 is 15.1 Å². The van der Waals surface area contributed by atoms with E-state index in [1.807, 2.05) is 72.5 Å². The SMILES string of the molecule is C[C@H](NC(=O)C1(c2ccccc2)CCN(C(=O)c2ccc(N3CCS(=O)(=O)CC3)nc2)CC1)c1ccccc1. The molecule has 2 aliphatic heterocycles. The van der Waals surface area contributed by atoms with E-state index in [0.29, 0.717) is 50.4 Å². The van der Waals surface area contributed by atoms with Crippen molar-refractivity contribution >= 4 is 27.5 Å². The zero-order chi connectivity index (χ0) is 27.5. The number of anilines is 1. The predicted octanol–water partition coefficient (Wildman–Crippen LogP) is 3.37. The largest absolute Gasteiger partial charge is 0.355 e. The van der Waals surface area contributed by atoms with Crippen LogP contribution in [-0.2, 0) is 20.0 Å². The van der Waals surface area contributed by atoms with Crippen LogP contribution in [0.3, 0.4) is 0 Å². The van der Waals surface area contributed by atoms with Crippen molar-refractivity contribution in [3.8, 4) is 0 Å². The van der Waals surface area contributed by atoms with E-state index in [9.17, 15) is 18.0 Å². The second-order valence-electron chi connectivity index (χ2n) is 10.4. The van der Waals surface area contributed by atoms with E-state index >= 15 is 0 Å². The fourth-order valence-corrected chi connectivity index (χ4v) is 6.68. The highest BCUT2D eigenvalue weighted by Gasteiger charge is 2.44. The molecule has 0 spiro atoms. The summed E-state index contributed by atoms with van der Waals surface area (Å²) >= 11 is 0. The number of sulfone groups is 1. The molecule has 3 heterocycles. The van der Waals surface area contributed by atoms with Gasteiger partial charge in [-0.25, -0.2) is 13.4 Å². The van der Waals surface area contributed by atoms with Crippen molar-refractivity contribution in [2.45, 2.75) is 31.2 Å². The third kappa shape index (κ3) is 5.83. The predicted molar refractivity (Wildman–Crippen MR) is 151 cm³/mol. The summed E-state index contributed by atoms with van der Waals surface area (Å²) in [5.74, 6) is 0.766. The molecule has 2 aliphatic rings. The smallest absolute Gasteiger partial charge is 0.255 e. The normalized spacial score (nSPS) is 19.2. The molecule has 0 saturated carbocycles. The minimum Gasteiger partial charge on any atom is -0.355 e. The first-order valence-corrected chi connectivity index (χ1v) is 15.2. The first-order chi connectivity index (χ1) is 18.8. The van der Waals surface area contributed by atoms with E-state index in [2.05, 4.69) is 10.3 Å². The summed E-state index contributed by atoms with van der Waals surface area (Å²) in [6.07, 6.45) is 2.60. The van der Waals surface area contributed by atoms with Gasteiger partial charge in [0.2, 0.25) is 5.91 Å². The summed E-state index contributed by atoms with van der Waals surface area (Å²) < 4.78 is 23.4. The van der Waals surface area contributed by atoms with Crippen LogP contribution >= 0.6 is 0 Å². The molecule has 3 aromatic rings. The minimum atomic E-state index is -2.98. The number of aromatic nitrogens is 1. The van der Waals surface area contributed by atoms with Crippen molar-refractivity contribution in [1.82, 2.24) is 15.2 Å². The molecule has 2 saturated heterocycles. The Morgan fingerprint density at radius 3 is 2.08 bits per heavy atom. The summed E-state index contributed by atoms with van der Waals surface area (Å²) in [7, 11) is -2.98. The van der Waals surface area contributed by atoms with Crippen molar-refractivity contribution in [3.05, 3.63) is 95.7 Å². The molecule has 5 rings (SSSR count). The fourth-order valence-electron chi connectivity index (χ4n) is 5.48. The maximum Gasteiger partial charge on any atom is 0.255 e. The summed E-state index contributed by atoms with van der Waals surface area (Å²) in [6.45, 7) is 3.70. The zero-order valence-electron chi connectivity index (χ0n) is 22.1. The Bertz CT molecular complexity index is 1390. The van der Waals surface area contributed by atoms with E-state index in [4.69, 9.17) is 0 Å². The van der Waals surface area contributed by atoms with Gasteiger partial charge in [0.15, 0.2) is 9.84 Å². The Kier molecular flexibility index (Phi) is 7.70. The topological polar surface area (TPSA) is 99.7 Å². The van der Waals surface area contributed by atoms with Gasteiger partial charge in [0.1, 0.15) is 5.82 Å². The second kappa shape index (κ2) is 11.2. The van der Waals surface area contributed by atoms with Crippen molar-refractivity contribution in [2.75, 3.05) is 42.6 Å². The van der Waals surface area contributed by atoms with E-state index in [1.165, 1.54) is 0 Å². The molecule has 0 bridgehead atoms. The number of piperidine rings is 1. The lowest BCUT2D eigenvalue weighted by Gasteiger charge is -2.41. The van der Waals surface area contributed by atoms with Gasteiger partial charge in [0, 0.05) is 32.4 Å². The summed E-state index contributed by atoms with van der Waals surface area (Å²) in [5.41, 5.74) is 1.77. The number of carbonyl (C=O) groups excluding carboxylic acids is 2. The van der Waals surface area contributed by atoms with Crippen molar-refractivity contribution in [3.63, 3.8) is 0 Å². The van der Waals surface area contributed by atoms with Gasteiger partial charge in [-0.3, -0.25) is 9.59 Å². The Morgan fingerprint density at radius 2 is 1.49 bits per heavy atom. The van der Waals surface area contributed by atoms with Gasteiger partial charge in [0.25, 0.3) is 5.91 Å². The molecule has 8 nitrogen and oxygen atoms in total. The van der Waals surface area contributed by atoms with Gasteiger partial charge in [-0.1, -0.05) is 60.7 Å². The number of nitrogens with zero attached hydrogens (tertiary/aromatic N) is 3. The van der Waals surface area contributed by atoms with Crippen LogP contribution in [0, 0.1) is 0 Å². The van der Waals surface area contributed by atoms with E-state index < -0.39 is 15.3 Å². The standard InChI is InChI=1S/C30H34N4O4S/c1-23(24-8-4-2-5-9-24)32-29(36)30(26-10-6-3-7-11-26)14-16-34(17-15-30)28(35)25-12-13-27(31-22-25)33-18-20-39(37,38)21-19-33/h2-13,22-23H,14-21H2,1H3,(H,32,36)/t23-/m0/s1. The Hall–Kier alpha value is -3.72. The summed E-state index contributed by atoms with van der Waals surface area (Å²) in [5, 5.41) is 3.23. The molecule has 0 unspecified atom stereocenters. The van der Waals surface area contributed by atoms with Crippen molar-refractivity contribution < 1.29 is 18.0 Å². The van der Waals surface area contributed by atoms with E-state index in [0.717, 1.165) is 11.1 Å². The molecular weight excluding hydrogens is 512 g/mol. The minimum absolute atomic E-state index is 0.0216. The average molecular weight is 547 g/mol. The van der Waals surface area contributed by atoms with Crippen LogP contribution in [0.15, 0.2) is 79.0 Å². The number of pyridine rings is 1. The average Bonchev–Trinajstić information content (AvgIpc) is 2.98. The van der Waals surface area contributed by atoms with Gasteiger partial charge in [-0.2, -0.15) is 0 Å². The lowest BCUT2D eigenvalue weighted by Crippen LogP contribution is -2.53. The molecule has 1 atom stereocenters. The van der Waals surface area contributed by atoms with Gasteiger partial charge in [0.05, 0.1) is 28.5 Å². The number of hydrogen-bond acceptors (Lipinski definition) is 6. The van der Waals surface area contributed by atoms with Crippen LogP contribution in [-0.4, -0.2) is 67.8 Å². The fraction of sp³-hybridized carbons (Fsp3) is 0.367. The first kappa shape index (κ1) is 26.9. The molecule has 2 amide bonds. The molecular formula is C30H34N4O4S. The van der Waals surface area contributed by atoms with Crippen LogP contribution in [0.25, 0.3) is 0 Å². The molecule has 1 aromatic heterocycles. The maximum absolute atomic E-state index is 13.8. The van der Waals surface area contributed by atoms with Crippen LogP contribution < -0.4 is 10.2 Å². The zero-order valence-corrected chi connectivity index (χ0v) is 22.9. The van der Waals surface area contributed by atoms with Crippen LogP contribution in [0.1, 0.15) is 47.3 Å². The number of likely N-dealkylation sites (tertiary alicyclic amines) is 1. The highest BCUT2D eigenvalue weighted by atomic mass is 32.2. The van der Waals surface area contributed by atoms with Gasteiger partial charge in [-0.05, 0) is 43.0 Å². The third-order valence-electron chi connectivity index (χ3n) is 7.98. The number of carbonyl (C=O) groups is 2. The number of rotatable bonds is 6. The Morgan fingerprint density at radius 1 is 0.872 bits per heavy atom. The molecule has 9 heteroatoms. The molecule has 2 aromatic carbocycles. The maximum atomic E-state index is 13.8.